The van der Waals surface area contributed by atoms with E-state index in [9.17, 15) is 40.9 Å². The average molecular weight is 361 g/mol. The Labute approximate surface area is 125 Å². The maximum absolute atomic E-state index is 13.7. The summed E-state index contributed by atoms with van der Waals surface area (Å²) in [5, 5.41) is 10.8. The molecule has 0 aromatic heterocycles. The second-order valence-corrected chi connectivity index (χ2v) is 5.30. The number of hydrogen-bond acceptors (Lipinski definition) is 7. The Kier molecular flexibility index (Phi) is 5.14. The zero-order chi connectivity index (χ0) is 18.0. The van der Waals surface area contributed by atoms with E-state index in [-0.39, 0.29) is 12.7 Å². The molecule has 23 heavy (non-hydrogen) atoms. The van der Waals surface area contributed by atoms with Crippen molar-refractivity contribution in [3.05, 3.63) is 33.6 Å². The van der Waals surface area contributed by atoms with Crippen LogP contribution in [0.25, 0.3) is 0 Å². The molecule has 0 amide bonds. The summed E-state index contributed by atoms with van der Waals surface area (Å²) in [7, 11) is -6.33. The molecule has 13 heteroatoms. The third-order valence-electron chi connectivity index (χ3n) is 2.21. The number of benzene rings is 1. The van der Waals surface area contributed by atoms with Crippen molar-refractivity contribution in [1.82, 2.24) is 0 Å². The summed E-state index contributed by atoms with van der Waals surface area (Å²) in [6.07, 6.45) is 0. The van der Waals surface area contributed by atoms with Gasteiger partial charge in [0.15, 0.2) is 5.82 Å². The van der Waals surface area contributed by atoms with Crippen LogP contribution in [0.5, 0.6) is 5.75 Å². The molecule has 0 atom stereocenters. The van der Waals surface area contributed by atoms with Crippen LogP contribution in [0.4, 0.5) is 23.2 Å². The molecule has 0 aliphatic heterocycles. The molecule has 1 rings (SSSR count). The van der Waals surface area contributed by atoms with Crippen LogP contribution in [0.1, 0.15) is 17.3 Å². The van der Waals surface area contributed by atoms with Crippen molar-refractivity contribution in [2.24, 2.45) is 0 Å². The standard InChI is InChI=1S/C10H7F4NO7S/c1-2-21-9(16)5-3-6(11)8(7(4-5)15(17)18)22-23(19,20)10(12,13)14/h3-4H,2H2,1H3. The van der Waals surface area contributed by atoms with Gasteiger partial charge in [-0.2, -0.15) is 21.6 Å². The van der Waals surface area contributed by atoms with Crippen LogP contribution in [0.3, 0.4) is 0 Å². The fraction of sp³-hybridized carbons (Fsp3) is 0.300. The van der Waals surface area contributed by atoms with Crippen LogP contribution in [-0.2, 0) is 14.9 Å². The fourth-order valence-corrected chi connectivity index (χ4v) is 1.77. The van der Waals surface area contributed by atoms with Crippen LogP contribution in [-0.4, -0.2) is 31.4 Å². The molecule has 0 spiro atoms. The van der Waals surface area contributed by atoms with Crippen molar-refractivity contribution in [2.75, 3.05) is 6.61 Å². The fourth-order valence-electron chi connectivity index (χ4n) is 1.29. The van der Waals surface area contributed by atoms with Gasteiger partial charge in [0.05, 0.1) is 17.1 Å². The zero-order valence-corrected chi connectivity index (χ0v) is 11.9. The topological polar surface area (TPSA) is 113 Å². The first-order valence-corrected chi connectivity index (χ1v) is 6.97. The van der Waals surface area contributed by atoms with E-state index < -0.39 is 49.3 Å². The van der Waals surface area contributed by atoms with Gasteiger partial charge in [-0.05, 0) is 13.0 Å². The molecule has 1 aromatic rings. The molecule has 8 nitrogen and oxygen atoms in total. The molecule has 0 heterocycles. The first-order valence-electron chi connectivity index (χ1n) is 5.56. The summed E-state index contributed by atoms with van der Waals surface area (Å²) in [4.78, 5) is 20.7. The van der Waals surface area contributed by atoms with Crippen molar-refractivity contribution in [1.29, 1.82) is 0 Å². The molecule has 0 bridgehead atoms. The maximum Gasteiger partial charge on any atom is 0.534 e. The van der Waals surface area contributed by atoms with Gasteiger partial charge < -0.3 is 8.92 Å². The Bertz CT molecular complexity index is 744. The normalized spacial score (nSPS) is 11.9. The number of carbonyl (C=O) groups excluding carboxylic acids is 1. The summed E-state index contributed by atoms with van der Waals surface area (Å²) in [6.45, 7) is 1.23. The summed E-state index contributed by atoms with van der Waals surface area (Å²) in [6, 6.07) is 0.592. The number of esters is 1. The first kappa shape index (κ1) is 18.6. The van der Waals surface area contributed by atoms with Crippen molar-refractivity contribution < 1.29 is 44.6 Å². The summed E-state index contributed by atoms with van der Waals surface area (Å²) in [5.41, 5.74) is -8.11. The molecule has 0 radical (unpaired) electrons. The van der Waals surface area contributed by atoms with E-state index in [0.717, 1.165) is 0 Å². The molecular formula is C10H7F4NO7S. The Morgan fingerprint density at radius 3 is 2.35 bits per heavy atom. The molecule has 128 valence electrons. The third-order valence-corrected chi connectivity index (χ3v) is 3.16. The van der Waals surface area contributed by atoms with Gasteiger partial charge in [-0.3, -0.25) is 10.1 Å². The number of hydrogen-bond donors (Lipinski definition) is 0. The van der Waals surface area contributed by atoms with E-state index >= 15 is 0 Å². The van der Waals surface area contributed by atoms with Crippen molar-refractivity contribution >= 4 is 21.8 Å². The number of rotatable bonds is 5. The lowest BCUT2D eigenvalue weighted by atomic mass is 10.2. The number of halogens is 4. The average Bonchev–Trinajstić information content (AvgIpc) is 2.39. The second kappa shape index (κ2) is 6.36. The van der Waals surface area contributed by atoms with Gasteiger partial charge in [0.1, 0.15) is 0 Å². The largest absolute Gasteiger partial charge is 0.534 e. The second-order valence-electron chi connectivity index (χ2n) is 3.77. The van der Waals surface area contributed by atoms with Gasteiger partial charge in [0.25, 0.3) is 5.75 Å². The van der Waals surface area contributed by atoms with E-state index in [1.807, 2.05) is 0 Å². The van der Waals surface area contributed by atoms with Crippen LogP contribution >= 0.6 is 0 Å². The minimum atomic E-state index is -6.33. The molecule has 0 fully saturated rings. The monoisotopic (exact) mass is 361 g/mol. The molecule has 0 aliphatic carbocycles. The van der Waals surface area contributed by atoms with Crippen LogP contribution < -0.4 is 4.18 Å². The van der Waals surface area contributed by atoms with Crippen LogP contribution in [0.2, 0.25) is 0 Å². The van der Waals surface area contributed by atoms with Crippen LogP contribution in [0.15, 0.2) is 12.1 Å². The van der Waals surface area contributed by atoms with E-state index in [1.165, 1.54) is 6.92 Å². The zero-order valence-electron chi connectivity index (χ0n) is 11.1. The molecule has 1 aromatic carbocycles. The molecule has 0 unspecified atom stereocenters. The predicted molar refractivity (Wildman–Crippen MR) is 64.6 cm³/mol. The van der Waals surface area contributed by atoms with E-state index in [0.29, 0.717) is 6.07 Å². The molecular weight excluding hydrogens is 354 g/mol. The maximum atomic E-state index is 13.7. The Hall–Kier alpha value is -2.44. The number of nitro benzene ring substituents is 1. The highest BCUT2D eigenvalue weighted by atomic mass is 32.2. The van der Waals surface area contributed by atoms with Gasteiger partial charge in [-0.25, -0.2) is 9.18 Å². The molecule has 0 saturated carbocycles. The SMILES string of the molecule is CCOC(=O)c1cc(F)c(OS(=O)(=O)C(F)(F)F)c([N+](=O)[O-])c1. The Morgan fingerprint density at radius 1 is 1.35 bits per heavy atom. The van der Waals surface area contributed by atoms with Gasteiger partial charge in [-0.15, -0.1) is 0 Å². The summed E-state index contributed by atoms with van der Waals surface area (Å²) >= 11 is 0. The highest BCUT2D eigenvalue weighted by molar-refractivity contribution is 7.88. The molecule has 0 N–H and O–H groups in total. The van der Waals surface area contributed by atoms with Crippen molar-refractivity contribution in [3.8, 4) is 5.75 Å². The van der Waals surface area contributed by atoms with Crippen LogP contribution in [0, 0.1) is 15.9 Å². The first-order chi connectivity index (χ1) is 10.4. The lowest BCUT2D eigenvalue weighted by Gasteiger charge is -2.11. The van der Waals surface area contributed by atoms with Crippen molar-refractivity contribution in [2.45, 2.75) is 12.4 Å². The van der Waals surface area contributed by atoms with E-state index in [4.69, 9.17) is 0 Å². The van der Waals surface area contributed by atoms with Gasteiger partial charge in [0.2, 0.25) is 0 Å². The minimum Gasteiger partial charge on any atom is -0.462 e. The molecule has 0 aliphatic rings. The Balaban J connectivity index is 3.45. The Morgan fingerprint density at radius 2 is 1.91 bits per heavy atom. The van der Waals surface area contributed by atoms with E-state index in [2.05, 4.69) is 8.92 Å². The number of ether oxygens (including phenoxy) is 1. The number of nitro groups is 1. The lowest BCUT2D eigenvalue weighted by Crippen LogP contribution is -2.28. The highest BCUT2D eigenvalue weighted by Gasteiger charge is 2.50. The quantitative estimate of drug-likeness (QED) is 0.197. The van der Waals surface area contributed by atoms with Gasteiger partial charge in [-0.1, -0.05) is 0 Å². The van der Waals surface area contributed by atoms with Crippen molar-refractivity contribution in [3.63, 3.8) is 0 Å². The lowest BCUT2D eigenvalue weighted by molar-refractivity contribution is -0.385. The predicted octanol–water partition coefficient (Wildman–Crippen LogP) is 2.14. The smallest absolute Gasteiger partial charge is 0.462 e. The number of nitrogens with zero attached hydrogens (tertiary/aromatic N) is 1. The third kappa shape index (κ3) is 4.06. The van der Waals surface area contributed by atoms with Gasteiger partial charge in [0, 0.05) is 6.07 Å². The number of carbonyl (C=O) groups is 1. The number of alkyl halides is 3. The molecule has 0 saturated heterocycles. The minimum absolute atomic E-state index is 0.158. The highest BCUT2D eigenvalue weighted by Crippen LogP contribution is 2.36. The van der Waals surface area contributed by atoms with Gasteiger partial charge >= 0.3 is 27.3 Å². The summed E-state index contributed by atoms with van der Waals surface area (Å²) in [5.74, 6) is -4.84. The van der Waals surface area contributed by atoms with E-state index in [1.54, 1.807) is 0 Å². The summed E-state index contributed by atoms with van der Waals surface area (Å²) < 4.78 is 79.9.